The molecule has 55 heavy (non-hydrogen) atoms. The molecule has 1 atom stereocenters. The molecule has 0 spiro atoms. The number of nitrogens with zero attached hydrogens (tertiary/aromatic N) is 7. The van der Waals surface area contributed by atoms with Crippen LogP contribution in [-0.2, 0) is 22.7 Å². The number of carbonyl (C=O) groups is 5. The van der Waals surface area contributed by atoms with E-state index in [1.807, 2.05) is 37.4 Å². The lowest BCUT2D eigenvalue weighted by Gasteiger charge is -2.36. The Morgan fingerprint density at radius 3 is 2.22 bits per heavy atom. The molecule has 0 bridgehead atoms. The molecule has 8 rings (SSSR count). The Kier molecular flexibility index (Phi) is 10.00. The first-order chi connectivity index (χ1) is 26.6. The maximum absolute atomic E-state index is 13.3. The molecule has 4 aliphatic heterocycles. The number of fused-ring (bicyclic) bond motifs is 2. The number of carbonyl (C=O) groups excluding carboxylic acids is 5. The minimum absolute atomic E-state index is 0.0619. The zero-order valence-electron chi connectivity index (χ0n) is 30.6. The fraction of sp³-hybridized carbons (Fsp3) is 0.450. The Labute approximate surface area is 323 Å². The molecular formula is C40H42ClN9O5. The third-order valence-electron chi connectivity index (χ3n) is 11.9. The Bertz CT molecular complexity index is 2060. The average Bonchev–Trinajstić information content (AvgIpc) is 3.69. The maximum atomic E-state index is 13.3. The third-order valence-corrected chi connectivity index (χ3v) is 12.3. The van der Waals surface area contributed by atoms with Crippen molar-refractivity contribution in [3.63, 3.8) is 0 Å². The molecule has 15 heteroatoms. The van der Waals surface area contributed by atoms with Crippen molar-refractivity contribution in [1.29, 1.82) is 5.26 Å². The summed E-state index contributed by atoms with van der Waals surface area (Å²) in [5.74, 6) is -0.943. The predicted octanol–water partition coefficient (Wildman–Crippen LogP) is 3.81. The number of piperidine rings is 2. The van der Waals surface area contributed by atoms with Gasteiger partial charge < -0.3 is 15.1 Å². The number of rotatable bonds is 8. The minimum Gasteiger partial charge on any atom is -0.372 e. The van der Waals surface area contributed by atoms with Gasteiger partial charge in [-0.1, -0.05) is 11.6 Å². The molecular weight excluding hydrogens is 722 g/mol. The van der Waals surface area contributed by atoms with Crippen LogP contribution in [0.5, 0.6) is 0 Å². The first-order valence-corrected chi connectivity index (χ1v) is 19.4. The van der Waals surface area contributed by atoms with Crippen LogP contribution >= 0.6 is 11.6 Å². The van der Waals surface area contributed by atoms with E-state index < -0.39 is 29.7 Å². The van der Waals surface area contributed by atoms with Gasteiger partial charge in [0.25, 0.3) is 17.7 Å². The zero-order chi connectivity index (χ0) is 38.4. The third kappa shape index (κ3) is 7.26. The largest absolute Gasteiger partial charge is 0.372 e. The van der Waals surface area contributed by atoms with Crippen LogP contribution in [0.1, 0.15) is 99.3 Å². The minimum atomic E-state index is -0.968. The lowest BCUT2D eigenvalue weighted by atomic mass is 9.90. The number of aromatic nitrogens is 2. The van der Waals surface area contributed by atoms with Crippen molar-refractivity contribution in [2.24, 2.45) is 5.92 Å². The molecule has 5 amide bonds. The lowest BCUT2D eigenvalue weighted by molar-refractivity contribution is -0.136. The van der Waals surface area contributed by atoms with Gasteiger partial charge in [0.2, 0.25) is 11.8 Å². The van der Waals surface area contributed by atoms with E-state index in [1.54, 1.807) is 12.1 Å². The standard InChI is InChI=1S/C40H42ClN9O5/c1-47(29-5-2-24(19-42)32(41)18-29)28-6-3-27(4-7-28)43-37(52)33-8-10-35(46-45-33)49-14-12-23(13-15-49)20-48-21-25-16-30-31(17-26(25)22-48)40(55)50(39(30)54)34-9-11-36(51)44-38(34)53/h2,5,8,10,16-18,23,27-28,34H,3-4,6-7,9,11-15,20-22H2,1H3,(H,43,52)(H,44,51,53). The topological polar surface area (TPSA) is 172 Å². The zero-order valence-corrected chi connectivity index (χ0v) is 31.3. The molecule has 284 valence electrons. The van der Waals surface area contributed by atoms with Gasteiger partial charge in [-0.05, 0) is 104 Å². The van der Waals surface area contributed by atoms with Gasteiger partial charge in [-0.15, -0.1) is 10.2 Å². The van der Waals surface area contributed by atoms with Gasteiger partial charge in [-0.3, -0.25) is 39.1 Å². The SMILES string of the molecule is CN(c1ccc(C#N)c(Cl)c1)C1CCC(NC(=O)c2ccc(N3CCC(CN4Cc5cc6c(cc5C4)C(=O)N(C4CCC(=O)NC4=O)C6=O)CC3)nn2)CC1. The van der Waals surface area contributed by atoms with Crippen LogP contribution in [0.25, 0.3) is 0 Å². The van der Waals surface area contributed by atoms with Crippen molar-refractivity contribution >= 4 is 52.6 Å². The number of nitriles is 1. The second-order valence-corrected chi connectivity index (χ2v) is 15.8. The number of benzene rings is 2. The summed E-state index contributed by atoms with van der Waals surface area (Å²) < 4.78 is 0. The van der Waals surface area contributed by atoms with Crippen molar-refractivity contribution in [2.45, 2.75) is 82.6 Å². The van der Waals surface area contributed by atoms with Crippen LogP contribution < -0.4 is 20.4 Å². The van der Waals surface area contributed by atoms with Crippen molar-refractivity contribution < 1.29 is 24.0 Å². The van der Waals surface area contributed by atoms with Crippen LogP contribution in [0, 0.1) is 17.2 Å². The fourth-order valence-electron chi connectivity index (χ4n) is 8.78. The molecule has 2 aromatic carbocycles. The number of amides is 5. The number of hydrogen-bond donors (Lipinski definition) is 2. The van der Waals surface area contributed by atoms with Gasteiger partial charge >= 0.3 is 0 Å². The first-order valence-electron chi connectivity index (χ1n) is 19.0. The van der Waals surface area contributed by atoms with E-state index in [1.165, 1.54) is 0 Å². The molecule has 1 saturated carbocycles. The van der Waals surface area contributed by atoms with Gasteiger partial charge in [0, 0.05) is 64.0 Å². The highest BCUT2D eigenvalue weighted by Crippen LogP contribution is 2.35. The Hall–Kier alpha value is -5.39. The highest BCUT2D eigenvalue weighted by molar-refractivity contribution is 6.32. The van der Waals surface area contributed by atoms with Crippen molar-refractivity contribution in [3.8, 4) is 6.07 Å². The van der Waals surface area contributed by atoms with E-state index in [0.29, 0.717) is 52.5 Å². The quantitative estimate of drug-likeness (QED) is 0.320. The first kappa shape index (κ1) is 36.6. The number of halogens is 1. The predicted molar refractivity (Wildman–Crippen MR) is 202 cm³/mol. The van der Waals surface area contributed by atoms with Crippen LogP contribution in [0.2, 0.25) is 5.02 Å². The van der Waals surface area contributed by atoms with E-state index in [0.717, 1.165) is 85.7 Å². The molecule has 5 aliphatic rings. The number of nitrogens with one attached hydrogen (secondary N) is 2. The van der Waals surface area contributed by atoms with Gasteiger partial charge in [-0.25, -0.2) is 0 Å². The molecule has 1 aliphatic carbocycles. The molecule has 5 heterocycles. The Balaban J connectivity index is 0.784. The summed E-state index contributed by atoms with van der Waals surface area (Å²) in [6.45, 7) is 3.91. The van der Waals surface area contributed by atoms with Crippen molar-refractivity contribution in [2.75, 3.05) is 36.5 Å². The normalized spacial score (nSPS) is 23.0. The summed E-state index contributed by atoms with van der Waals surface area (Å²) in [6.07, 6.45) is 5.71. The average molecular weight is 764 g/mol. The van der Waals surface area contributed by atoms with E-state index in [-0.39, 0.29) is 24.8 Å². The second kappa shape index (κ2) is 15.0. The number of hydrogen-bond acceptors (Lipinski definition) is 11. The van der Waals surface area contributed by atoms with E-state index in [2.05, 4.69) is 41.6 Å². The highest BCUT2D eigenvalue weighted by Gasteiger charge is 2.45. The summed E-state index contributed by atoms with van der Waals surface area (Å²) >= 11 is 6.25. The molecule has 14 nitrogen and oxygen atoms in total. The smallest absolute Gasteiger partial charge is 0.272 e. The van der Waals surface area contributed by atoms with Gasteiger partial charge in [0.1, 0.15) is 12.1 Å². The Morgan fingerprint density at radius 2 is 1.62 bits per heavy atom. The van der Waals surface area contributed by atoms with E-state index in [4.69, 9.17) is 16.9 Å². The van der Waals surface area contributed by atoms with Gasteiger partial charge in [0.05, 0.1) is 21.7 Å². The monoisotopic (exact) mass is 763 g/mol. The van der Waals surface area contributed by atoms with Crippen LogP contribution in [0.4, 0.5) is 11.5 Å². The number of anilines is 2. The molecule has 3 aromatic rings. The highest BCUT2D eigenvalue weighted by atomic mass is 35.5. The summed E-state index contributed by atoms with van der Waals surface area (Å²) in [4.78, 5) is 71.4. The lowest BCUT2D eigenvalue weighted by Crippen LogP contribution is -2.54. The molecule has 2 saturated heterocycles. The van der Waals surface area contributed by atoms with Crippen molar-refractivity contribution in [1.82, 2.24) is 30.6 Å². The number of imide groups is 2. The Morgan fingerprint density at radius 1 is 0.927 bits per heavy atom. The maximum Gasteiger partial charge on any atom is 0.272 e. The molecule has 0 radical (unpaired) electrons. The summed E-state index contributed by atoms with van der Waals surface area (Å²) in [7, 11) is 2.04. The molecule has 3 fully saturated rings. The van der Waals surface area contributed by atoms with Crippen LogP contribution in [-0.4, -0.2) is 94.3 Å². The van der Waals surface area contributed by atoms with Gasteiger partial charge in [-0.2, -0.15) is 5.26 Å². The molecule has 1 aromatic heterocycles. The second-order valence-electron chi connectivity index (χ2n) is 15.4. The summed E-state index contributed by atoms with van der Waals surface area (Å²) in [5, 5.41) is 23.7. The van der Waals surface area contributed by atoms with E-state index >= 15 is 0 Å². The van der Waals surface area contributed by atoms with Crippen LogP contribution in [0.3, 0.4) is 0 Å². The fourth-order valence-corrected chi connectivity index (χ4v) is 9.00. The van der Waals surface area contributed by atoms with Gasteiger partial charge in [0.15, 0.2) is 11.5 Å². The molecule has 1 unspecified atom stereocenters. The van der Waals surface area contributed by atoms with Crippen LogP contribution in [0.15, 0.2) is 42.5 Å². The van der Waals surface area contributed by atoms with E-state index in [9.17, 15) is 24.0 Å². The summed E-state index contributed by atoms with van der Waals surface area (Å²) in [6, 6.07) is 14.2. The molecule has 2 N–H and O–H groups in total. The summed E-state index contributed by atoms with van der Waals surface area (Å²) in [5.41, 5.74) is 4.43. The van der Waals surface area contributed by atoms with Crippen molar-refractivity contribution in [3.05, 3.63) is 81.0 Å².